The van der Waals surface area contributed by atoms with Gasteiger partial charge in [0.15, 0.2) is 17.4 Å². The van der Waals surface area contributed by atoms with Gasteiger partial charge in [0.1, 0.15) is 0 Å². The molecule has 0 radical (unpaired) electrons. The molecule has 0 N–H and O–H groups in total. The van der Waals surface area contributed by atoms with Crippen molar-refractivity contribution in [2.75, 3.05) is 14.1 Å². The Morgan fingerprint density at radius 2 is 1.34 bits per heavy atom. The molecular weight excluding hydrogens is 442 g/mol. The number of rotatable bonds is 7. The molecule has 3 aromatic carbocycles. The largest absolute Gasteiger partial charge is 0.302 e. The summed E-state index contributed by atoms with van der Waals surface area (Å²) in [4.78, 5) is 42.5. The molecular formula is C27H23N5O3. The van der Waals surface area contributed by atoms with Gasteiger partial charge in [-0.25, -0.2) is 0 Å². The van der Waals surface area contributed by atoms with Crippen LogP contribution in [0.4, 0.5) is 0 Å². The summed E-state index contributed by atoms with van der Waals surface area (Å²) in [6.45, 7) is 0.379. The van der Waals surface area contributed by atoms with E-state index >= 15 is 0 Å². The monoisotopic (exact) mass is 465 g/mol. The summed E-state index contributed by atoms with van der Waals surface area (Å²) in [7, 11) is 3.81. The predicted molar refractivity (Wildman–Crippen MR) is 129 cm³/mol. The average Bonchev–Trinajstić information content (AvgIpc) is 3.37. The van der Waals surface area contributed by atoms with E-state index < -0.39 is 0 Å². The number of para-hydroxylation sites is 1. The third-order valence-corrected chi connectivity index (χ3v) is 5.86. The van der Waals surface area contributed by atoms with Gasteiger partial charge in [-0.05, 0) is 38.4 Å². The minimum atomic E-state index is -0.372. The smallest absolute Gasteiger partial charge is 0.261 e. The first-order valence-corrected chi connectivity index (χ1v) is 11.2. The van der Waals surface area contributed by atoms with Crippen LogP contribution < -0.4 is 0 Å². The standard InChI is InChI=1S/C27H23N5O3/c1-30(2)16-23-28-29-24(17-31-26(34)19-12-6-7-13-20(19)27(31)35)32(23)22-15-9-8-14-21(22)25(33)18-10-4-3-5-11-18/h3-15H,16-17H2,1-2H3. The second-order valence-corrected chi connectivity index (χ2v) is 8.56. The molecule has 1 aliphatic rings. The van der Waals surface area contributed by atoms with Crippen molar-refractivity contribution < 1.29 is 14.4 Å². The molecule has 8 nitrogen and oxygen atoms in total. The number of carbonyl (C=O) groups excluding carboxylic acids is 3. The quantitative estimate of drug-likeness (QED) is 0.307. The maximum atomic E-state index is 13.4. The van der Waals surface area contributed by atoms with Crippen molar-refractivity contribution in [3.8, 4) is 5.69 Å². The van der Waals surface area contributed by atoms with Gasteiger partial charge in [0.05, 0.1) is 29.9 Å². The second kappa shape index (κ2) is 9.08. The fourth-order valence-electron chi connectivity index (χ4n) is 4.25. The molecule has 174 valence electrons. The van der Waals surface area contributed by atoms with E-state index in [9.17, 15) is 14.4 Å². The Balaban J connectivity index is 1.59. The van der Waals surface area contributed by atoms with E-state index in [0.29, 0.717) is 46.1 Å². The van der Waals surface area contributed by atoms with Crippen molar-refractivity contribution in [2.24, 2.45) is 0 Å². The lowest BCUT2D eigenvalue weighted by molar-refractivity contribution is 0.0637. The van der Waals surface area contributed by atoms with Crippen LogP contribution in [0.1, 0.15) is 48.3 Å². The first-order chi connectivity index (χ1) is 17.0. The van der Waals surface area contributed by atoms with Crippen LogP contribution in [0.25, 0.3) is 5.69 Å². The fraction of sp³-hybridized carbons (Fsp3) is 0.148. The molecule has 0 saturated heterocycles. The molecule has 5 rings (SSSR count). The van der Waals surface area contributed by atoms with E-state index in [1.165, 1.54) is 4.90 Å². The van der Waals surface area contributed by atoms with Gasteiger partial charge in [-0.1, -0.05) is 54.6 Å². The highest BCUT2D eigenvalue weighted by Crippen LogP contribution is 2.27. The van der Waals surface area contributed by atoms with Crippen LogP contribution in [0, 0.1) is 0 Å². The highest BCUT2D eigenvalue weighted by atomic mass is 16.2. The number of benzene rings is 3. The number of nitrogens with zero attached hydrogens (tertiary/aromatic N) is 5. The first-order valence-electron chi connectivity index (χ1n) is 11.2. The Bertz CT molecular complexity index is 1410. The second-order valence-electron chi connectivity index (χ2n) is 8.56. The van der Waals surface area contributed by atoms with Crippen molar-refractivity contribution in [1.82, 2.24) is 24.6 Å². The van der Waals surface area contributed by atoms with Gasteiger partial charge in [-0.3, -0.25) is 23.9 Å². The Kier molecular flexibility index (Phi) is 5.80. The van der Waals surface area contributed by atoms with Crippen LogP contribution >= 0.6 is 0 Å². The minimum Gasteiger partial charge on any atom is -0.302 e. The molecule has 1 aliphatic heterocycles. The van der Waals surface area contributed by atoms with Gasteiger partial charge < -0.3 is 4.90 Å². The Labute approximate surface area is 202 Å². The third-order valence-electron chi connectivity index (χ3n) is 5.86. The van der Waals surface area contributed by atoms with E-state index in [2.05, 4.69) is 10.2 Å². The minimum absolute atomic E-state index is 0.0688. The van der Waals surface area contributed by atoms with Crippen LogP contribution in [0.15, 0.2) is 78.9 Å². The number of carbonyl (C=O) groups is 3. The third kappa shape index (κ3) is 4.04. The average molecular weight is 466 g/mol. The molecule has 0 bridgehead atoms. The first kappa shape index (κ1) is 22.4. The number of imide groups is 1. The summed E-state index contributed by atoms with van der Waals surface area (Å²) < 4.78 is 1.78. The van der Waals surface area contributed by atoms with Gasteiger partial charge in [-0.15, -0.1) is 10.2 Å². The van der Waals surface area contributed by atoms with Gasteiger partial charge in [0.25, 0.3) is 11.8 Å². The molecule has 35 heavy (non-hydrogen) atoms. The van der Waals surface area contributed by atoms with Crippen LogP contribution in [-0.4, -0.2) is 56.3 Å². The molecule has 8 heteroatoms. The lowest BCUT2D eigenvalue weighted by Gasteiger charge is -2.18. The van der Waals surface area contributed by atoms with Crippen LogP contribution in [-0.2, 0) is 13.1 Å². The maximum absolute atomic E-state index is 13.4. The Morgan fingerprint density at radius 3 is 2.00 bits per heavy atom. The zero-order valence-corrected chi connectivity index (χ0v) is 19.4. The van der Waals surface area contributed by atoms with Gasteiger partial charge in [0.2, 0.25) is 0 Å². The molecule has 0 saturated carbocycles. The topological polar surface area (TPSA) is 88.4 Å². The molecule has 0 spiro atoms. The van der Waals surface area contributed by atoms with E-state index in [4.69, 9.17) is 0 Å². The predicted octanol–water partition coefficient (Wildman–Crippen LogP) is 3.36. The molecule has 0 aliphatic carbocycles. The van der Waals surface area contributed by atoms with Crippen molar-refractivity contribution in [3.63, 3.8) is 0 Å². The summed E-state index contributed by atoms with van der Waals surface area (Å²) in [5.41, 5.74) is 2.37. The SMILES string of the molecule is CN(C)Cc1nnc(CN2C(=O)c3ccccc3C2=O)n1-c1ccccc1C(=O)c1ccccc1. The van der Waals surface area contributed by atoms with E-state index in [1.807, 2.05) is 49.3 Å². The molecule has 0 atom stereocenters. The number of hydrogen-bond donors (Lipinski definition) is 0. The summed E-state index contributed by atoms with van der Waals surface area (Å²) in [5.74, 6) is 0.0999. The molecule has 2 heterocycles. The summed E-state index contributed by atoms with van der Waals surface area (Å²) >= 11 is 0. The highest BCUT2D eigenvalue weighted by molar-refractivity contribution is 6.21. The number of amides is 2. The Hall–Kier alpha value is -4.43. The van der Waals surface area contributed by atoms with Crippen molar-refractivity contribution >= 4 is 17.6 Å². The lowest BCUT2D eigenvalue weighted by Crippen LogP contribution is -2.30. The van der Waals surface area contributed by atoms with E-state index in [1.54, 1.807) is 53.1 Å². The normalized spacial score (nSPS) is 12.9. The number of aromatic nitrogens is 3. The van der Waals surface area contributed by atoms with Crippen LogP contribution in [0.3, 0.4) is 0 Å². The van der Waals surface area contributed by atoms with Gasteiger partial charge in [0, 0.05) is 11.1 Å². The number of fused-ring (bicyclic) bond motifs is 1. The maximum Gasteiger partial charge on any atom is 0.261 e. The highest BCUT2D eigenvalue weighted by Gasteiger charge is 2.36. The molecule has 0 fully saturated rings. The van der Waals surface area contributed by atoms with Crippen molar-refractivity contribution in [1.29, 1.82) is 0 Å². The van der Waals surface area contributed by atoms with E-state index in [0.717, 1.165) is 0 Å². The van der Waals surface area contributed by atoms with Crippen LogP contribution in [0.2, 0.25) is 0 Å². The van der Waals surface area contributed by atoms with Crippen LogP contribution in [0.5, 0.6) is 0 Å². The summed E-state index contributed by atoms with van der Waals surface area (Å²) in [6.07, 6.45) is 0. The number of ketones is 1. The lowest BCUT2D eigenvalue weighted by atomic mass is 10.0. The van der Waals surface area contributed by atoms with Crippen molar-refractivity contribution in [2.45, 2.75) is 13.1 Å². The zero-order valence-electron chi connectivity index (χ0n) is 19.4. The molecule has 1 aromatic heterocycles. The van der Waals surface area contributed by atoms with Gasteiger partial charge >= 0.3 is 0 Å². The molecule has 4 aromatic rings. The summed E-state index contributed by atoms with van der Waals surface area (Å²) in [6, 6.07) is 23.0. The van der Waals surface area contributed by atoms with Gasteiger partial charge in [-0.2, -0.15) is 0 Å². The Morgan fingerprint density at radius 1 is 0.771 bits per heavy atom. The fourth-order valence-corrected chi connectivity index (χ4v) is 4.25. The zero-order chi connectivity index (χ0) is 24.5. The molecule has 2 amide bonds. The summed E-state index contributed by atoms with van der Waals surface area (Å²) in [5, 5.41) is 8.70. The van der Waals surface area contributed by atoms with E-state index in [-0.39, 0.29) is 24.1 Å². The number of hydrogen-bond acceptors (Lipinski definition) is 6. The van der Waals surface area contributed by atoms with Crippen molar-refractivity contribution in [3.05, 3.63) is 113 Å². The molecule has 0 unspecified atom stereocenters.